The number of hydrogen-bond acceptors (Lipinski definition) is 3. The Kier molecular flexibility index (Phi) is 6.67. The quantitative estimate of drug-likeness (QED) is 0.537. The van der Waals surface area contributed by atoms with E-state index >= 15 is 0 Å². The Hall–Kier alpha value is -1.26. The average Bonchev–Trinajstić information content (AvgIpc) is 2.63. The molecule has 5 heteroatoms. The molecule has 2 aliphatic heterocycles. The molecule has 0 unspecified atom stereocenters. The zero-order valence-electron chi connectivity index (χ0n) is 12.9. The van der Waals surface area contributed by atoms with Crippen molar-refractivity contribution in [3.05, 3.63) is 0 Å². The molecule has 0 bridgehead atoms. The van der Waals surface area contributed by atoms with Crippen molar-refractivity contribution in [2.45, 2.75) is 32.1 Å². The van der Waals surface area contributed by atoms with Crippen LogP contribution in [0.15, 0.2) is 4.99 Å². The van der Waals surface area contributed by atoms with Gasteiger partial charge in [-0.05, 0) is 19.3 Å². The van der Waals surface area contributed by atoms with E-state index in [4.69, 9.17) is 5.41 Å². The molecule has 0 aromatic heterocycles. The van der Waals surface area contributed by atoms with E-state index in [1.165, 1.54) is 51.0 Å². The second-order valence-electron chi connectivity index (χ2n) is 5.56. The summed E-state index contributed by atoms with van der Waals surface area (Å²) in [5.41, 5.74) is 0. The molecule has 0 atom stereocenters. The molecule has 2 rings (SSSR count). The number of nitrogens with one attached hydrogen (secondary N) is 1. The van der Waals surface area contributed by atoms with Crippen molar-refractivity contribution in [1.29, 1.82) is 5.41 Å². The van der Waals surface area contributed by atoms with Crippen LogP contribution in [0.2, 0.25) is 0 Å². The normalized spacial score (nSPS) is 18.3. The van der Waals surface area contributed by atoms with E-state index in [9.17, 15) is 0 Å². The fourth-order valence-electron chi connectivity index (χ4n) is 2.34. The minimum atomic E-state index is 0.519. The molecule has 1 fully saturated rings. The molecule has 2 heterocycles. The lowest BCUT2D eigenvalue weighted by Gasteiger charge is -2.27. The van der Waals surface area contributed by atoms with Gasteiger partial charge in [-0.2, -0.15) is 0 Å². The number of hydrogen-bond donors (Lipinski definition) is 1. The molecule has 0 aromatic rings. The van der Waals surface area contributed by atoms with Crippen LogP contribution in [0.3, 0.4) is 0 Å². The number of amidine groups is 1. The van der Waals surface area contributed by atoms with Crippen LogP contribution in [0, 0.1) is 5.41 Å². The molecule has 0 radical (unpaired) electrons. The third-order valence-electron chi connectivity index (χ3n) is 3.42. The average molecular weight is 267 g/mol. The molecule has 0 aliphatic carbocycles. The molecule has 0 saturated carbocycles. The van der Waals surface area contributed by atoms with Gasteiger partial charge in [-0.3, -0.25) is 10.4 Å². The monoisotopic (exact) mass is 267 g/mol. The standard InChI is InChI=1S/C9H16N2.C5H13N3/c1-2-5-9-10-6-4-8-11(9)7-3-1;1-7(2)5(6)8(3)4/h1-8H2;6H,1-4H3. The Morgan fingerprint density at radius 1 is 1.00 bits per heavy atom. The lowest BCUT2D eigenvalue weighted by Crippen LogP contribution is -2.34. The van der Waals surface area contributed by atoms with Gasteiger partial charge in [0.25, 0.3) is 0 Å². The highest BCUT2D eigenvalue weighted by Crippen LogP contribution is 2.15. The van der Waals surface area contributed by atoms with Crippen LogP contribution in [0.1, 0.15) is 32.1 Å². The van der Waals surface area contributed by atoms with Crippen molar-refractivity contribution >= 4 is 11.8 Å². The summed E-state index contributed by atoms with van der Waals surface area (Å²) < 4.78 is 0. The Morgan fingerprint density at radius 3 is 2.21 bits per heavy atom. The third-order valence-corrected chi connectivity index (χ3v) is 3.42. The third kappa shape index (κ3) is 5.49. The van der Waals surface area contributed by atoms with E-state index in [1.54, 1.807) is 9.80 Å². The molecule has 2 aliphatic rings. The highest BCUT2D eigenvalue weighted by Gasteiger charge is 2.16. The van der Waals surface area contributed by atoms with E-state index in [0.29, 0.717) is 5.96 Å². The summed E-state index contributed by atoms with van der Waals surface area (Å²) in [5.74, 6) is 1.92. The summed E-state index contributed by atoms with van der Waals surface area (Å²) in [6, 6.07) is 0. The molecular weight excluding hydrogens is 238 g/mol. The fraction of sp³-hybridized carbons (Fsp3) is 0.857. The minimum Gasteiger partial charge on any atom is -0.360 e. The zero-order valence-corrected chi connectivity index (χ0v) is 12.9. The largest absolute Gasteiger partial charge is 0.360 e. The van der Waals surface area contributed by atoms with Crippen LogP contribution in [-0.4, -0.2) is 74.3 Å². The minimum absolute atomic E-state index is 0.519. The number of aliphatic imine (C=N–C) groups is 1. The summed E-state index contributed by atoms with van der Waals surface area (Å²) in [6.07, 6.45) is 6.63. The van der Waals surface area contributed by atoms with Crippen LogP contribution in [0.25, 0.3) is 0 Å². The van der Waals surface area contributed by atoms with Crippen molar-refractivity contribution in [1.82, 2.24) is 14.7 Å². The SMILES string of the molecule is C1CCC2=NCCCN2CC1.CN(C)C(=N)N(C)C. The first-order chi connectivity index (χ1) is 9.02. The van der Waals surface area contributed by atoms with E-state index in [0.717, 1.165) is 6.54 Å². The molecule has 0 spiro atoms. The summed E-state index contributed by atoms with van der Waals surface area (Å²) in [4.78, 5) is 10.5. The van der Waals surface area contributed by atoms with Crippen LogP contribution < -0.4 is 0 Å². The lowest BCUT2D eigenvalue weighted by atomic mass is 10.2. The second-order valence-corrected chi connectivity index (χ2v) is 5.56. The van der Waals surface area contributed by atoms with E-state index in [2.05, 4.69) is 9.89 Å². The molecule has 110 valence electrons. The van der Waals surface area contributed by atoms with Gasteiger partial charge in [-0.15, -0.1) is 0 Å². The van der Waals surface area contributed by atoms with Crippen molar-refractivity contribution in [2.75, 3.05) is 47.8 Å². The summed E-state index contributed by atoms with van der Waals surface area (Å²) >= 11 is 0. The van der Waals surface area contributed by atoms with E-state index < -0.39 is 0 Å². The van der Waals surface area contributed by atoms with Gasteiger partial charge in [0.05, 0.1) is 5.84 Å². The Morgan fingerprint density at radius 2 is 1.63 bits per heavy atom. The summed E-state index contributed by atoms with van der Waals surface area (Å²) in [6.45, 7) is 3.60. The lowest BCUT2D eigenvalue weighted by molar-refractivity contribution is 0.391. The smallest absolute Gasteiger partial charge is 0.192 e. The summed E-state index contributed by atoms with van der Waals surface area (Å²) in [5, 5.41) is 7.25. The Bertz CT molecular complexity index is 299. The zero-order chi connectivity index (χ0) is 14.3. The van der Waals surface area contributed by atoms with Gasteiger partial charge in [-0.25, -0.2) is 0 Å². The maximum absolute atomic E-state index is 7.25. The maximum Gasteiger partial charge on any atom is 0.192 e. The fourth-order valence-corrected chi connectivity index (χ4v) is 2.34. The molecule has 0 aromatic carbocycles. The number of guanidine groups is 1. The molecule has 5 nitrogen and oxygen atoms in total. The van der Waals surface area contributed by atoms with Gasteiger partial charge < -0.3 is 14.7 Å². The molecule has 1 N–H and O–H groups in total. The number of fused-ring (bicyclic) bond motifs is 1. The molecule has 0 amide bonds. The van der Waals surface area contributed by atoms with Crippen LogP contribution in [-0.2, 0) is 0 Å². The first-order valence-corrected chi connectivity index (χ1v) is 7.24. The first-order valence-electron chi connectivity index (χ1n) is 7.24. The van der Waals surface area contributed by atoms with Gasteiger partial charge >= 0.3 is 0 Å². The molecule has 1 saturated heterocycles. The molecule has 19 heavy (non-hydrogen) atoms. The Balaban J connectivity index is 0.000000203. The Labute approximate surface area is 117 Å². The number of nitrogens with zero attached hydrogens (tertiary/aromatic N) is 4. The van der Waals surface area contributed by atoms with Gasteiger partial charge in [0.1, 0.15) is 0 Å². The second kappa shape index (κ2) is 8.02. The summed E-state index contributed by atoms with van der Waals surface area (Å²) in [7, 11) is 7.40. The van der Waals surface area contributed by atoms with Crippen LogP contribution in [0.4, 0.5) is 0 Å². The van der Waals surface area contributed by atoms with E-state index in [-0.39, 0.29) is 0 Å². The van der Waals surface area contributed by atoms with Crippen molar-refractivity contribution in [3.63, 3.8) is 0 Å². The van der Waals surface area contributed by atoms with Crippen molar-refractivity contribution in [3.8, 4) is 0 Å². The predicted molar refractivity (Wildman–Crippen MR) is 82.1 cm³/mol. The van der Waals surface area contributed by atoms with Gasteiger partial charge in [0.15, 0.2) is 5.96 Å². The van der Waals surface area contributed by atoms with Gasteiger partial charge in [-0.1, -0.05) is 6.42 Å². The van der Waals surface area contributed by atoms with Crippen LogP contribution >= 0.6 is 0 Å². The highest BCUT2D eigenvalue weighted by molar-refractivity contribution is 5.83. The maximum atomic E-state index is 7.25. The first kappa shape index (κ1) is 15.8. The molecular formula is C14H29N5. The number of rotatable bonds is 0. The van der Waals surface area contributed by atoms with Crippen LogP contribution in [0.5, 0.6) is 0 Å². The van der Waals surface area contributed by atoms with Crippen molar-refractivity contribution in [2.24, 2.45) is 4.99 Å². The van der Waals surface area contributed by atoms with Gasteiger partial charge in [0, 0.05) is 54.2 Å². The highest BCUT2D eigenvalue weighted by atomic mass is 15.3. The predicted octanol–water partition coefficient (Wildman–Crippen LogP) is 1.71. The van der Waals surface area contributed by atoms with Gasteiger partial charge in [0.2, 0.25) is 0 Å². The van der Waals surface area contributed by atoms with Crippen molar-refractivity contribution < 1.29 is 0 Å². The van der Waals surface area contributed by atoms with E-state index in [1.807, 2.05) is 28.2 Å². The topological polar surface area (TPSA) is 45.9 Å².